The van der Waals surface area contributed by atoms with Crippen molar-refractivity contribution in [2.75, 3.05) is 0 Å². The highest BCUT2D eigenvalue weighted by Gasteiger charge is 2.20. The van der Waals surface area contributed by atoms with Crippen LogP contribution in [0.1, 0.15) is 36.0 Å². The highest BCUT2D eigenvalue weighted by Crippen LogP contribution is 2.19. The molecule has 0 aromatic heterocycles. The molecule has 0 saturated heterocycles. The van der Waals surface area contributed by atoms with Gasteiger partial charge in [0.15, 0.2) is 0 Å². The van der Waals surface area contributed by atoms with Gasteiger partial charge in [-0.25, -0.2) is 5.48 Å². The number of amides is 1. The molecular weight excluding hydrogens is 252 g/mol. The maximum atomic E-state index is 11.8. The minimum absolute atomic E-state index is 0.0629. The number of rotatable bonds is 3. The van der Waals surface area contributed by atoms with E-state index in [0.29, 0.717) is 10.6 Å². The third-order valence-corrected chi connectivity index (χ3v) is 3.36. The highest BCUT2D eigenvalue weighted by molar-refractivity contribution is 6.30. The number of nitrogens with one attached hydrogen (secondary N) is 1. The molecule has 1 amide bonds. The van der Waals surface area contributed by atoms with Gasteiger partial charge in [-0.15, -0.1) is 0 Å². The minimum Gasteiger partial charge on any atom is -0.328 e. The lowest BCUT2D eigenvalue weighted by molar-refractivity contribution is -0.0331. The average molecular weight is 269 g/mol. The number of halogens is 1. The van der Waals surface area contributed by atoms with Crippen molar-refractivity contribution >= 4 is 17.5 Å². The van der Waals surface area contributed by atoms with Gasteiger partial charge in [0.2, 0.25) is 0 Å². The molecule has 1 fully saturated rings. The standard InChI is InChI=1S/C13H17ClN2O2/c14-10-3-1-2-9(8-10)13(17)16-18-12-6-4-11(15)5-7-12/h1-3,8,11-12H,4-7,15H2,(H,16,17). The molecule has 18 heavy (non-hydrogen) atoms. The van der Waals surface area contributed by atoms with Crippen molar-refractivity contribution in [3.63, 3.8) is 0 Å². The second kappa shape index (κ2) is 6.18. The summed E-state index contributed by atoms with van der Waals surface area (Å²) in [4.78, 5) is 17.2. The molecule has 0 bridgehead atoms. The third kappa shape index (κ3) is 3.70. The lowest BCUT2D eigenvalue weighted by Gasteiger charge is -2.25. The van der Waals surface area contributed by atoms with E-state index in [2.05, 4.69) is 5.48 Å². The number of hydrogen-bond donors (Lipinski definition) is 2. The van der Waals surface area contributed by atoms with Gasteiger partial charge in [-0.3, -0.25) is 9.63 Å². The molecule has 98 valence electrons. The van der Waals surface area contributed by atoms with Crippen LogP contribution in [0.25, 0.3) is 0 Å². The number of benzene rings is 1. The summed E-state index contributed by atoms with van der Waals surface area (Å²) in [7, 11) is 0. The smallest absolute Gasteiger partial charge is 0.274 e. The fourth-order valence-electron chi connectivity index (χ4n) is 2.03. The maximum Gasteiger partial charge on any atom is 0.274 e. The van der Waals surface area contributed by atoms with Gasteiger partial charge < -0.3 is 5.73 Å². The van der Waals surface area contributed by atoms with Crippen LogP contribution in [-0.2, 0) is 4.84 Å². The van der Waals surface area contributed by atoms with Crippen molar-refractivity contribution < 1.29 is 9.63 Å². The Morgan fingerprint density at radius 1 is 1.33 bits per heavy atom. The predicted octanol–water partition coefficient (Wildman–Crippen LogP) is 2.27. The summed E-state index contributed by atoms with van der Waals surface area (Å²) in [5, 5.41) is 0.534. The second-order valence-electron chi connectivity index (χ2n) is 4.60. The Bertz CT molecular complexity index is 417. The molecule has 4 nitrogen and oxygen atoms in total. The van der Waals surface area contributed by atoms with Crippen LogP contribution in [0.5, 0.6) is 0 Å². The molecule has 0 aliphatic heterocycles. The van der Waals surface area contributed by atoms with Crippen molar-refractivity contribution in [1.82, 2.24) is 5.48 Å². The van der Waals surface area contributed by atoms with Crippen LogP contribution in [0.4, 0.5) is 0 Å². The van der Waals surface area contributed by atoms with Crippen LogP contribution < -0.4 is 11.2 Å². The molecule has 1 aliphatic rings. The Morgan fingerprint density at radius 2 is 2.06 bits per heavy atom. The Labute approximate surface area is 111 Å². The van der Waals surface area contributed by atoms with Crippen LogP contribution in [0.2, 0.25) is 5.02 Å². The molecule has 2 rings (SSSR count). The first-order valence-corrected chi connectivity index (χ1v) is 6.50. The summed E-state index contributed by atoms with van der Waals surface area (Å²) >= 11 is 5.82. The highest BCUT2D eigenvalue weighted by atomic mass is 35.5. The number of carbonyl (C=O) groups is 1. The average Bonchev–Trinajstić information content (AvgIpc) is 2.38. The first-order valence-electron chi connectivity index (χ1n) is 6.12. The van der Waals surface area contributed by atoms with Gasteiger partial charge >= 0.3 is 0 Å². The fraction of sp³-hybridized carbons (Fsp3) is 0.462. The molecule has 1 aromatic carbocycles. The van der Waals surface area contributed by atoms with E-state index in [1.807, 2.05) is 0 Å². The second-order valence-corrected chi connectivity index (χ2v) is 5.03. The molecule has 0 atom stereocenters. The Kier molecular flexibility index (Phi) is 4.58. The van der Waals surface area contributed by atoms with Crippen LogP contribution in [0.3, 0.4) is 0 Å². The Balaban J connectivity index is 1.81. The third-order valence-electron chi connectivity index (χ3n) is 3.12. The summed E-state index contributed by atoms with van der Waals surface area (Å²) in [5.41, 5.74) is 8.77. The Morgan fingerprint density at radius 3 is 2.72 bits per heavy atom. The summed E-state index contributed by atoms with van der Waals surface area (Å²) < 4.78 is 0. The van der Waals surface area contributed by atoms with Crippen LogP contribution in [0.15, 0.2) is 24.3 Å². The number of hydrogen-bond acceptors (Lipinski definition) is 3. The molecule has 1 aliphatic carbocycles. The van der Waals surface area contributed by atoms with E-state index in [0.717, 1.165) is 25.7 Å². The SMILES string of the molecule is NC1CCC(ONC(=O)c2cccc(Cl)c2)CC1. The van der Waals surface area contributed by atoms with Crippen molar-refractivity contribution in [1.29, 1.82) is 0 Å². The van der Waals surface area contributed by atoms with Gasteiger partial charge in [0.25, 0.3) is 5.91 Å². The lowest BCUT2D eigenvalue weighted by atomic mass is 9.94. The molecular formula is C13H17ClN2O2. The van der Waals surface area contributed by atoms with Gasteiger partial charge in [0.1, 0.15) is 0 Å². The van der Waals surface area contributed by atoms with E-state index in [1.54, 1.807) is 24.3 Å². The van der Waals surface area contributed by atoms with Gasteiger partial charge in [0.05, 0.1) is 6.10 Å². The van der Waals surface area contributed by atoms with E-state index in [4.69, 9.17) is 22.2 Å². The van der Waals surface area contributed by atoms with Crippen molar-refractivity contribution in [2.24, 2.45) is 5.73 Å². The lowest BCUT2D eigenvalue weighted by Crippen LogP contribution is -2.35. The summed E-state index contributed by atoms with van der Waals surface area (Å²) in [5.74, 6) is -0.271. The molecule has 1 aromatic rings. The summed E-state index contributed by atoms with van der Waals surface area (Å²) in [6.45, 7) is 0. The first-order chi connectivity index (χ1) is 8.65. The van der Waals surface area contributed by atoms with Crippen molar-refractivity contribution in [3.05, 3.63) is 34.9 Å². The van der Waals surface area contributed by atoms with Gasteiger partial charge in [-0.05, 0) is 43.9 Å². The van der Waals surface area contributed by atoms with Gasteiger partial charge in [-0.1, -0.05) is 17.7 Å². The van der Waals surface area contributed by atoms with E-state index in [9.17, 15) is 4.79 Å². The zero-order valence-corrected chi connectivity index (χ0v) is 10.8. The fourth-order valence-corrected chi connectivity index (χ4v) is 2.22. The maximum absolute atomic E-state index is 11.8. The number of hydroxylamine groups is 1. The molecule has 3 N–H and O–H groups in total. The van der Waals surface area contributed by atoms with Gasteiger partial charge in [-0.2, -0.15) is 0 Å². The molecule has 1 saturated carbocycles. The molecule has 5 heteroatoms. The molecule has 0 radical (unpaired) electrons. The zero-order chi connectivity index (χ0) is 13.0. The number of carbonyl (C=O) groups excluding carboxylic acids is 1. The van der Waals surface area contributed by atoms with Crippen LogP contribution >= 0.6 is 11.6 Å². The number of nitrogens with two attached hydrogens (primary N) is 1. The van der Waals surface area contributed by atoms with E-state index in [1.165, 1.54) is 0 Å². The summed E-state index contributed by atoms with van der Waals surface area (Å²) in [6.07, 6.45) is 3.72. The zero-order valence-electron chi connectivity index (χ0n) is 10.1. The van der Waals surface area contributed by atoms with Crippen LogP contribution in [0, 0.1) is 0 Å². The monoisotopic (exact) mass is 268 g/mol. The van der Waals surface area contributed by atoms with Crippen molar-refractivity contribution in [3.8, 4) is 0 Å². The largest absolute Gasteiger partial charge is 0.328 e. The first kappa shape index (κ1) is 13.3. The summed E-state index contributed by atoms with van der Waals surface area (Å²) in [6, 6.07) is 7.03. The van der Waals surface area contributed by atoms with E-state index < -0.39 is 0 Å². The van der Waals surface area contributed by atoms with Crippen molar-refractivity contribution in [2.45, 2.75) is 37.8 Å². The van der Waals surface area contributed by atoms with E-state index >= 15 is 0 Å². The quantitative estimate of drug-likeness (QED) is 0.827. The molecule has 0 unspecified atom stereocenters. The minimum atomic E-state index is -0.271. The topological polar surface area (TPSA) is 64.3 Å². The Hall–Kier alpha value is -1.10. The molecule has 0 heterocycles. The van der Waals surface area contributed by atoms with Gasteiger partial charge in [0, 0.05) is 16.6 Å². The molecule has 0 spiro atoms. The normalized spacial score (nSPS) is 23.7. The van der Waals surface area contributed by atoms with E-state index in [-0.39, 0.29) is 18.1 Å². The van der Waals surface area contributed by atoms with Crippen LogP contribution in [-0.4, -0.2) is 18.1 Å². The predicted molar refractivity (Wildman–Crippen MR) is 70.2 cm³/mol.